The van der Waals surface area contributed by atoms with Gasteiger partial charge in [0.15, 0.2) is 0 Å². The third-order valence-corrected chi connectivity index (χ3v) is 7.95. The lowest BCUT2D eigenvalue weighted by Crippen LogP contribution is -2.47. The van der Waals surface area contributed by atoms with E-state index in [-0.39, 0.29) is 0 Å². The molecule has 0 aliphatic carbocycles. The van der Waals surface area contributed by atoms with Crippen LogP contribution in [-0.4, -0.2) is 8.56 Å². The quantitative estimate of drug-likeness (QED) is 0.302. The molecule has 2 rings (SSSR count). The van der Waals surface area contributed by atoms with Gasteiger partial charge in [0.25, 0.3) is 0 Å². The van der Waals surface area contributed by atoms with Crippen molar-refractivity contribution in [2.75, 3.05) is 0 Å². The zero-order chi connectivity index (χ0) is 17.8. The molecule has 136 valence electrons. The first-order valence-corrected chi connectivity index (χ1v) is 12.0. The minimum atomic E-state index is -2.32. The van der Waals surface area contributed by atoms with Gasteiger partial charge in [-0.1, -0.05) is 82.3 Å². The van der Waals surface area contributed by atoms with Crippen molar-refractivity contribution in [1.29, 1.82) is 0 Å². The molecule has 0 unspecified atom stereocenters. The molecule has 0 aliphatic rings. The first kappa shape index (κ1) is 19.6. The van der Waals surface area contributed by atoms with Gasteiger partial charge in [-0.05, 0) is 30.7 Å². The van der Waals surface area contributed by atoms with E-state index in [1.165, 1.54) is 38.5 Å². The zero-order valence-corrected chi connectivity index (χ0v) is 16.7. The third kappa shape index (κ3) is 6.95. The Morgan fingerprint density at radius 2 is 1.12 bits per heavy atom. The van der Waals surface area contributed by atoms with Crippen molar-refractivity contribution in [2.24, 2.45) is 0 Å². The molecular weight excluding hydrogens is 324 g/mol. The molecule has 3 heteroatoms. The first-order chi connectivity index (χ1) is 12.3. The van der Waals surface area contributed by atoms with Crippen molar-refractivity contribution < 1.29 is 8.85 Å². The summed E-state index contributed by atoms with van der Waals surface area (Å²) in [4.78, 5) is 0. The summed E-state index contributed by atoms with van der Waals surface area (Å²) in [5, 5.41) is 0. The number of hydrogen-bond acceptors (Lipinski definition) is 2. The largest absolute Gasteiger partial charge is 0.512 e. The number of rotatable bonds is 12. The highest BCUT2D eigenvalue weighted by atomic mass is 28.4. The predicted molar refractivity (Wildman–Crippen MR) is 109 cm³/mol. The Labute approximate surface area is 154 Å². The van der Waals surface area contributed by atoms with E-state index in [2.05, 4.69) is 13.8 Å². The predicted octanol–water partition coefficient (Wildman–Crippen LogP) is 6.97. The van der Waals surface area contributed by atoms with E-state index >= 15 is 0 Å². The monoisotopic (exact) mass is 356 g/mol. The lowest BCUT2D eigenvalue weighted by molar-refractivity contribution is 0.375. The molecule has 0 bridgehead atoms. The smallest absolute Gasteiger partial charge is 0.460 e. The molecule has 2 aromatic rings. The van der Waals surface area contributed by atoms with Crippen LogP contribution in [0.25, 0.3) is 0 Å². The highest BCUT2D eigenvalue weighted by Crippen LogP contribution is 2.28. The second-order valence-electron chi connectivity index (χ2n) is 6.61. The van der Waals surface area contributed by atoms with Crippen LogP contribution in [0, 0.1) is 0 Å². The van der Waals surface area contributed by atoms with Crippen molar-refractivity contribution in [2.45, 2.75) is 64.5 Å². The van der Waals surface area contributed by atoms with Crippen LogP contribution in [0.3, 0.4) is 0 Å². The average molecular weight is 357 g/mol. The van der Waals surface area contributed by atoms with Crippen LogP contribution in [0.2, 0.25) is 12.1 Å². The lowest BCUT2D eigenvalue weighted by atomic mass is 10.1. The molecule has 0 amide bonds. The van der Waals surface area contributed by atoms with Crippen molar-refractivity contribution in [1.82, 2.24) is 0 Å². The Morgan fingerprint density at radius 3 is 1.60 bits per heavy atom. The Kier molecular flexibility index (Phi) is 8.60. The van der Waals surface area contributed by atoms with Crippen molar-refractivity contribution >= 4 is 8.56 Å². The van der Waals surface area contributed by atoms with Gasteiger partial charge < -0.3 is 8.85 Å². The molecule has 0 radical (unpaired) electrons. The first-order valence-electron chi connectivity index (χ1n) is 9.76. The highest BCUT2D eigenvalue weighted by Gasteiger charge is 2.39. The van der Waals surface area contributed by atoms with Gasteiger partial charge >= 0.3 is 8.56 Å². The van der Waals surface area contributed by atoms with E-state index in [0.717, 1.165) is 23.6 Å². The fourth-order valence-corrected chi connectivity index (χ4v) is 5.83. The van der Waals surface area contributed by atoms with Crippen LogP contribution < -0.4 is 8.85 Å². The Bertz CT molecular complexity index is 530. The molecule has 0 spiro atoms. The molecule has 0 atom stereocenters. The standard InChI is InChI=1S/C22H32O2Si/c1-3-5-6-7-8-15-20-25(4-2,23-21-16-11-9-12-17-21)24-22-18-13-10-14-19-22/h9-14,16-19H,3-8,15,20H2,1-2H3. The van der Waals surface area contributed by atoms with E-state index in [9.17, 15) is 0 Å². The normalized spacial score (nSPS) is 11.3. The summed E-state index contributed by atoms with van der Waals surface area (Å²) in [5.41, 5.74) is 0. The van der Waals surface area contributed by atoms with Crippen LogP contribution >= 0.6 is 0 Å². The van der Waals surface area contributed by atoms with Gasteiger partial charge in [0, 0.05) is 12.1 Å². The molecular formula is C22H32O2Si. The van der Waals surface area contributed by atoms with Crippen LogP contribution in [0.4, 0.5) is 0 Å². The summed E-state index contributed by atoms with van der Waals surface area (Å²) in [6.07, 6.45) is 7.75. The number of benzene rings is 2. The molecule has 25 heavy (non-hydrogen) atoms. The van der Waals surface area contributed by atoms with E-state index in [1.807, 2.05) is 60.7 Å². The second kappa shape index (κ2) is 11.0. The molecule has 0 N–H and O–H groups in total. The van der Waals surface area contributed by atoms with Gasteiger partial charge in [-0.25, -0.2) is 0 Å². The maximum atomic E-state index is 6.50. The van der Waals surface area contributed by atoms with E-state index in [4.69, 9.17) is 8.85 Å². The molecule has 0 aromatic heterocycles. The summed E-state index contributed by atoms with van der Waals surface area (Å²) >= 11 is 0. The number of unbranched alkanes of at least 4 members (excludes halogenated alkanes) is 5. The van der Waals surface area contributed by atoms with Gasteiger partial charge in [0.05, 0.1) is 0 Å². The topological polar surface area (TPSA) is 18.5 Å². The molecule has 2 nitrogen and oxygen atoms in total. The summed E-state index contributed by atoms with van der Waals surface area (Å²) in [5.74, 6) is 1.86. The van der Waals surface area contributed by atoms with Crippen molar-refractivity contribution in [3.63, 3.8) is 0 Å². The maximum absolute atomic E-state index is 6.50. The molecule has 0 saturated carbocycles. The zero-order valence-electron chi connectivity index (χ0n) is 15.7. The molecule has 0 saturated heterocycles. The van der Waals surface area contributed by atoms with Crippen molar-refractivity contribution in [3.05, 3.63) is 60.7 Å². The van der Waals surface area contributed by atoms with E-state index < -0.39 is 8.56 Å². The highest BCUT2D eigenvalue weighted by molar-refractivity contribution is 6.68. The van der Waals surface area contributed by atoms with Crippen LogP contribution in [-0.2, 0) is 0 Å². The molecule has 0 fully saturated rings. The fraction of sp³-hybridized carbons (Fsp3) is 0.455. The Morgan fingerprint density at radius 1 is 0.640 bits per heavy atom. The van der Waals surface area contributed by atoms with Gasteiger partial charge in [-0.2, -0.15) is 0 Å². The Balaban J connectivity index is 2.03. The van der Waals surface area contributed by atoms with Crippen LogP contribution in [0.1, 0.15) is 52.4 Å². The van der Waals surface area contributed by atoms with Gasteiger partial charge in [0.1, 0.15) is 11.5 Å². The summed E-state index contributed by atoms with van der Waals surface area (Å²) in [6, 6.07) is 22.3. The number of para-hydroxylation sites is 2. The summed E-state index contributed by atoms with van der Waals surface area (Å²) < 4.78 is 13.0. The Hall–Kier alpha value is -1.74. The summed E-state index contributed by atoms with van der Waals surface area (Å²) in [6.45, 7) is 4.46. The summed E-state index contributed by atoms with van der Waals surface area (Å²) in [7, 11) is -2.32. The number of hydrogen-bond donors (Lipinski definition) is 0. The maximum Gasteiger partial charge on any atom is 0.460 e. The SMILES string of the molecule is CCCCCCCC[Si](CC)(Oc1ccccc1)Oc1ccccc1. The molecule has 0 aliphatic heterocycles. The molecule has 2 aromatic carbocycles. The van der Waals surface area contributed by atoms with Gasteiger partial charge in [0.2, 0.25) is 0 Å². The lowest BCUT2D eigenvalue weighted by Gasteiger charge is -2.31. The minimum Gasteiger partial charge on any atom is -0.512 e. The van der Waals surface area contributed by atoms with Gasteiger partial charge in [-0.3, -0.25) is 0 Å². The van der Waals surface area contributed by atoms with E-state index in [1.54, 1.807) is 0 Å². The van der Waals surface area contributed by atoms with Gasteiger partial charge in [-0.15, -0.1) is 0 Å². The molecule has 0 heterocycles. The fourth-order valence-electron chi connectivity index (χ4n) is 3.03. The minimum absolute atomic E-state index is 0.929. The van der Waals surface area contributed by atoms with E-state index in [0.29, 0.717) is 0 Å². The van der Waals surface area contributed by atoms with Crippen LogP contribution in [0.15, 0.2) is 60.7 Å². The second-order valence-corrected chi connectivity index (χ2v) is 10.0. The average Bonchev–Trinajstić information content (AvgIpc) is 2.66. The van der Waals surface area contributed by atoms with Crippen molar-refractivity contribution in [3.8, 4) is 11.5 Å². The van der Waals surface area contributed by atoms with Crippen LogP contribution in [0.5, 0.6) is 11.5 Å². The third-order valence-electron chi connectivity index (χ3n) is 4.54.